The van der Waals surface area contributed by atoms with Crippen molar-refractivity contribution >= 4 is 21.6 Å². The maximum absolute atomic E-state index is 11.3. The van der Waals surface area contributed by atoms with Crippen molar-refractivity contribution in [2.24, 2.45) is 0 Å². The minimum absolute atomic E-state index is 0.126. The molecule has 0 atom stereocenters. The maximum atomic E-state index is 11.3. The Labute approximate surface area is 153 Å². The Morgan fingerprint density at radius 1 is 1.26 bits per heavy atom. The summed E-state index contributed by atoms with van der Waals surface area (Å²) in [5.41, 5.74) is 6.64. The number of nitrogens with two attached hydrogens (primary N) is 1. The number of nitrogen functional groups attached to an aromatic ring is 1. The van der Waals surface area contributed by atoms with Crippen LogP contribution in [0.25, 0.3) is 16.9 Å². The summed E-state index contributed by atoms with van der Waals surface area (Å²) in [6.07, 6.45) is 6.81. The third-order valence-corrected chi connectivity index (χ3v) is 4.06. The molecular weight excluding hydrogens is 376 g/mol. The summed E-state index contributed by atoms with van der Waals surface area (Å²) in [5.74, 6) is 0.257. The fourth-order valence-corrected chi connectivity index (χ4v) is 2.64. The van der Waals surface area contributed by atoms with Gasteiger partial charge >= 0.3 is 5.69 Å². The first kappa shape index (κ1) is 18.4. The second-order valence-corrected chi connectivity index (χ2v) is 7.16. The van der Waals surface area contributed by atoms with Crippen molar-refractivity contribution < 1.29 is 17.5 Å². The monoisotopic (exact) mass is 390 g/mol. The molecule has 11 nitrogen and oxygen atoms in total. The number of hydrogen-bond acceptors (Lipinski definition) is 9. The van der Waals surface area contributed by atoms with Gasteiger partial charge in [0, 0.05) is 24.2 Å². The summed E-state index contributed by atoms with van der Waals surface area (Å²) in [6.45, 7) is -0.126. The number of rotatable bonds is 6. The van der Waals surface area contributed by atoms with E-state index < -0.39 is 15.0 Å². The van der Waals surface area contributed by atoms with E-state index in [0.717, 1.165) is 6.26 Å². The van der Waals surface area contributed by atoms with E-state index in [4.69, 9.17) is 9.92 Å². The van der Waals surface area contributed by atoms with Gasteiger partial charge in [-0.25, -0.2) is 14.6 Å². The summed E-state index contributed by atoms with van der Waals surface area (Å²) >= 11 is 0. The number of aromatic nitrogens is 4. The van der Waals surface area contributed by atoms with E-state index in [1.165, 1.54) is 29.3 Å². The van der Waals surface area contributed by atoms with Crippen molar-refractivity contribution in [3.05, 3.63) is 58.7 Å². The Bertz CT molecular complexity index is 1090. The molecule has 0 aliphatic carbocycles. The predicted octanol–water partition coefficient (Wildman–Crippen LogP) is 1.30. The van der Waals surface area contributed by atoms with Gasteiger partial charge in [-0.15, -0.1) is 0 Å². The molecule has 0 aromatic carbocycles. The molecule has 0 amide bonds. The van der Waals surface area contributed by atoms with Gasteiger partial charge in [-0.3, -0.25) is 14.3 Å². The average Bonchev–Trinajstić information content (AvgIpc) is 3.09. The summed E-state index contributed by atoms with van der Waals surface area (Å²) < 4.78 is 28.1. The molecule has 3 rings (SSSR count). The van der Waals surface area contributed by atoms with Gasteiger partial charge in [0.05, 0.1) is 29.5 Å². The largest absolute Gasteiger partial charge is 0.378 e. The van der Waals surface area contributed by atoms with Crippen LogP contribution in [-0.2, 0) is 20.9 Å². The van der Waals surface area contributed by atoms with Gasteiger partial charge in [-0.2, -0.15) is 13.5 Å². The summed E-state index contributed by atoms with van der Waals surface area (Å²) in [6, 6.07) is 4.74. The molecule has 0 spiro atoms. The highest BCUT2D eigenvalue weighted by atomic mass is 32.2. The van der Waals surface area contributed by atoms with Crippen LogP contribution in [0.3, 0.4) is 0 Å². The Morgan fingerprint density at radius 3 is 2.67 bits per heavy atom. The third-order valence-electron chi connectivity index (χ3n) is 3.51. The normalized spacial score (nSPS) is 11.4. The first-order valence-corrected chi connectivity index (χ1v) is 9.30. The molecule has 12 heteroatoms. The van der Waals surface area contributed by atoms with Crippen LogP contribution in [0.2, 0.25) is 0 Å². The van der Waals surface area contributed by atoms with Crippen LogP contribution in [0.4, 0.5) is 11.5 Å². The standard InChI is InChI=1S/C15H14N6O5S/c1-27(24,25)26-9-10-2-3-13(18-6-10)20-8-11(7-19-20)12-4-5-17-15(16)14(12)21(22)23/h2-8H,9H2,1H3,(H2,16,17). The molecule has 0 unspecified atom stereocenters. The van der Waals surface area contributed by atoms with Gasteiger partial charge in [-0.05, 0) is 17.7 Å². The maximum Gasteiger partial charge on any atom is 0.319 e. The van der Waals surface area contributed by atoms with Crippen molar-refractivity contribution in [2.75, 3.05) is 12.0 Å². The minimum atomic E-state index is -3.54. The number of hydrogen-bond donors (Lipinski definition) is 1. The molecule has 27 heavy (non-hydrogen) atoms. The second kappa shape index (κ2) is 7.09. The predicted molar refractivity (Wildman–Crippen MR) is 95.3 cm³/mol. The number of nitro groups is 1. The van der Waals surface area contributed by atoms with Crippen molar-refractivity contribution in [3.8, 4) is 16.9 Å². The molecule has 140 valence electrons. The number of nitrogens with zero attached hydrogens (tertiary/aromatic N) is 5. The molecule has 3 aromatic heterocycles. The van der Waals surface area contributed by atoms with Gasteiger partial charge in [0.25, 0.3) is 10.1 Å². The fraction of sp³-hybridized carbons (Fsp3) is 0.133. The van der Waals surface area contributed by atoms with E-state index >= 15 is 0 Å². The molecule has 0 bridgehead atoms. The Morgan fingerprint density at radius 2 is 2.04 bits per heavy atom. The van der Waals surface area contributed by atoms with Crippen LogP contribution < -0.4 is 5.73 Å². The second-order valence-electron chi connectivity index (χ2n) is 5.51. The Hall–Kier alpha value is -3.38. The van der Waals surface area contributed by atoms with E-state index in [9.17, 15) is 18.5 Å². The molecule has 0 aliphatic rings. The average molecular weight is 390 g/mol. The lowest BCUT2D eigenvalue weighted by Gasteiger charge is -2.04. The molecule has 0 fully saturated rings. The SMILES string of the molecule is CS(=O)(=O)OCc1ccc(-n2cc(-c3ccnc(N)c3[N+](=O)[O-])cn2)nc1. The molecule has 3 heterocycles. The lowest BCUT2D eigenvalue weighted by molar-refractivity contribution is -0.383. The van der Waals surface area contributed by atoms with Crippen molar-refractivity contribution in [3.63, 3.8) is 0 Å². The van der Waals surface area contributed by atoms with Gasteiger partial charge in [0.2, 0.25) is 5.82 Å². The number of anilines is 1. The lowest BCUT2D eigenvalue weighted by Crippen LogP contribution is -2.04. The van der Waals surface area contributed by atoms with Crippen LogP contribution in [0.15, 0.2) is 43.0 Å². The third kappa shape index (κ3) is 4.24. The highest BCUT2D eigenvalue weighted by Gasteiger charge is 2.21. The first-order chi connectivity index (χ1) is 12.7. The summed E-state index contributed by atoms with van der Waals surface area (Å²) in [7, 11) is -3.54. The zero-order chi connectivity index (χ0) is 19.6. The first-order valence-electron chi connectivity index (χ1n) is 7.48. The van der Waals surface area contributed by atoms with Crippen molar-refractivity contribution in [2.45, 2.75) is 6.61 Å². The van der Waals surface area contributed by atoms with Crippen LogP contribution in [-0.4, -0.2) is 39.3 Å². The molecule has 3 aromatic rings. The van der Waals surface area contributed by atoms with Gasteiger partial charge in [0.1, 0.15) is 0 Å². The highest BCUT2D eigenvalue weighted by molar-refractivity contribution is 7.85. The highest BCUT2D eigenvalue weighted by Crippen LogP contribution is 2.33. The molecule has 0 saturated carbocycles. The lowest BCUT2D eigenvalue weighted by atomic mass is 10.1. The van der Waals surface area contributed by atoms with Gasteiger partial charge in [-0.1, -0.05) is 6.07 Å². The molecule has 0 saturated heterocycles. The van der Waals surface area contributed by atoms with Crippen LogP contribution >= 0.6 is 0 Å². The van der Waals surface area contributed by atoms with Crippen molar-refractivity contribution in [1.29, 1.82) is 0 Å². The quantitative estimate of drug-likeness (QED) is 0.372. The van der Waals surface area contributed by atoms with E-state index in [1.807, 2.05) is 0 Å². The molecule has 2 N–H and O–H groups in total. The fourth-order valence-electron chi connectivity index (χ4n) is 2.29. The van der Waals surface area contributed by atoms with Crippen molar-refractivity contribution in [1.82, 2.24) is 19.7 Å². The Balaban J connectivity index is 1.87. The Kier molecular flexibility index (Phi) is 4.83. The number of pyridine rings is 2. The zero-order valence-electron chi connectivity index (χ0n) is 14.0. The molecule has 0 aliphatic heterocycles. The van der Waals surface area contributed by atoms with E-state index in [-0.39, 0.29) is 23.7 Å². The topological polar surface area (TPSA) is 156 Å². The van der Waals surface area contributed by atoms with E-state index in [2.05, 4.69) is 15.1 Å². The summed E-state index contributed by atoms with van der Waals surface area (Å²) in [4.78, 5) is 18.6. The van der Waals surface area contributed by atoms with Gasteiger partial charge in [0.15, 0.2) is 5.82 Å². The van der Waals surface area contributed by atoms with Crippen LogP contribution in [0, 0.1) is 10.1 Å². The van der Waals surface area contributed by atoms with Gasteiger partial charge < -0.3 is 5.73 Å². The van der Waals surface area contributed by atoms with E-state index in [0.29, 0.717) is 16.9 Å². The van der Waals surface area contributed by atoms with E-state index in [1.54, 1.807) is 18.3 Å². The van der Waals surface area contributed by atoms with Crippen LogP contribution in [0.5, 0.6) is 0 Å². The summed E-state index contributed by atoms with van der Waals surface area (Å²) in [5, 5.41) is 15.4. The smallest absolute Gasteiger partial charge is 0.319 e. The zero-order valence-corrected chi connectivity index (χ0v) is 14.8. The minimum Gasteiger partial charge on any atom is -0.378 e. The van der Waals surface area contributed by atoms with Crippen LogP contribution in [0.1, 0.15) is 5.56 Å². The molecule has 0 radical (unpaired) electrons. The molecular formula is C15H14N6O5S.